The van der Waals surface area contributed by atoms with Crippen LogP contribution < -0.4 is 5.32 Å². The zero-order valence-corrected chi connectivity index (χ0v) is 13.2. The van der Waals surface area contributed by atoms with E-state index in [4.69, 9.17) is 9.84 Å². The summed E-state index contributed by atoms with van der Waals surface area (Å²) in [5, 5.41) is 11.5. The van der Waals surface area contributed by atoms with Crippen LogP contribution in [-0.4, -0.2) is 34.6 Å². The molecule has 22 heavy (non-hydrogen) atoms. The molecule has 6 heteroatoms. The molecule has 0 spiro atoms. The van der Waals surface area contributed by atoms with Gasteiger partial charge in [-0.05, 0) is 25.0 Å². The second kappa shape index (κ2) is 9.89. The quantitative estimate of drug-likeness (QED) is 0.679. The highest BCUT2D eigenvalue weighted by Crippen LogP contribution is 2.09. The molecule has 0 saturated heterocycles. The van der Waals surface area contributed by atoms with E-state index in [1.807, 2.05) is 13.8 Å². The van der Waals surface area contributed by atoms with Crippen LogP contribution >= 0.6 is 0 Å². The number of esters is 1. The molecule has 0 fully saturated rings. The average molecular weight is 308 g/mol. The maximum Gasteiger partial charge on any atom is 0.325 e. The molecule has 0 aliphatic carbocycles. The summed E-state index contributed by atoms with van der Waals surface area (Å²) >= 11 is 0. The van der Waals surface area contributed by atoms with Crippen LogP contribution in [0.2, 0.25) is 0 Å². The molecule has 1 aromatic rings. The average Bonchev–Trinajstić information content (AvgIpc) is 2.53. The molecule has 0 atom stereocenters. The van der Waals surface area contributed by atoms with Crippen molar-refractivity contribution in [2.75, 3.05) is 6.54 Å². The van der Waals surface area contributed by atoms with Crippen LogP contribution in [0.3, 0.4) is 0 Å². The summed E-state index contributed by atoms with van der Waals surface area (Å²) in [5.74, 6) is -0.826. The summed E-state index contributed by atoms with van der Waals surface area (Å²) in [5.41, 5.74) is 0.756. The maximum atomic E-state index is 11.9. The van der Waals surface area contributed by atoms with Crippen molar-refractivity contribution in [3.63, 3.8) is 0 Å². The monoisotopic (exact) mass is 308 g/mol. The largest absolute Gasteiger partial charge is 0.461 e. The smallest absolute Gasteiger partial charge is 0.325 e. The van der Waals surface area contributed by atoms with E-state index in [1.165, 1.54) is 18.3 Å². The zero-order valence-electron chi connectivity index (χ0n) is 13.2. The lowest BCUT2D eigenvalue weighted by Gasteiger charge is -2.16. The molecule has 0 aliphatic rings. The van der Waals surface area contributed by atoms with Gasteiger partial charge in [0.15, 0.2) is 0 Å². The molecule has 1 rings (SSSR count). The Morgan fingerprint density at radius 3 is 2.59 bits per heavy atom. The molecule has 0 aliphatic heterocycles. The van der Waals surface area contributed by atoms with Gasteiger partial charge in [-0.25, -0.2) is 0 Å². The lowest BCUT2D eigenvalue weighted by atomic mass is 10.1. The fraction of sp³-hybridized carbons (Fsp3) is 0.562. The highest BCUT2D eigenvalue weighted by atomic mass is 16.5. The minimum absolute atomic E-state index is 0.0821. The Morgan fingerprint density at radius 2 is 2.00 bits per heavy atom. The number of rotatable bonds is 9. The van der Waals surface area contributed by atoms with E-state index in [0.717, 1.165) is 25.7 Å². The second-order valence-electron chi connectivity index (χ2n) is 5.07. The molecule has 2 N–H and O–H groups in total. The van der Waals surface area contributed by atoms with Crippen molar-refractivity contribution in [1.29, 1.82) is 0 Å². The van der Waals surface area contributed by atoms with E-state index < -0.39 is 11.9 Å². The van der Waals surface area contributed by atoms with Crippen molar-refractivity contribution in [2.24, 2.45) is 0 Å². The number of carbonyl (C=O) groups is 2. The number of nitrogens with one attached hydrogen (secondary N) is 1. The molecule has 1 amide bonds. The molecular weight excluding hydrogens is 284 g/mol. The Balaban J connectivity index is 2.46. The third-order valence-corrected chi connectivity index (χ3v) is 3.15. The van der Waals surface area contributed by atoms with Crippen LogP contribution in [0.5, 0.6) is 0 Å². The number of hydrogen-bond donors (Lipinski definition) is 2. The van der Waals surface area contributed by atoms with Crippen LogP contribution in [0.15, 0.2) is 18.3 Å². The number of aliphatic hydroxyl groups is 1. The summed E-state index contributed by atoms with van der Waals surface area (Å²) in [7, 11) is 0. The first-order valence-electron chi connectivity index (χ1n) is 7.64. The number of amides is 1. The number of hydrogen-bond acceptors (Lipinski definition) is 5. The van der Waals surface area contributed by atoms with Crippen molar-refractivity contribution in [3.8, 4) is 0 Å². The van der Waals surface area contributed by atoms with Gasteiger partial charge in [-0.15, -0.1) is 0 Å². The van der Waals surface area contributed by atoms with Crippen molar-refractivity contribution >= 4 is 11.9 Å². The van der Waals surface area contributed by atoms with Gasteiger partial charge in [0.25, 0.3) is 5.91 Å². The van der Waals surface area contributed by atoms with Gasteiger partial charge in [-0.3, -0.25) is 14.6 Å². The summed E-state index contributed by atoms with van der Waals surface area (Å²) in [6, 6.07) is 3.01. The highest BCUT2D eigenvalue weighted by Gasteiger charge is 2.14. The van der Waals surface area contributed by atoms with Gasteiger partial charge in [-0.2, -0.15) is 0 Å². The summed E-state index contributed by atoms with van der Waals surface area (Å²) in [6.07, 6.45) is 4.92. The predicted molar refractivity (Wildman–Crippen MR) is 82.2 cm³/mol. The number of nitrogens with zero attached hydrogens (tertiary/aromatic N) is 1. The zero-order chi connectivity index (χ0) is 16.4. The van der Waals surface area contributed by atoms with Gasteiger partial charge in [0.1, 0.15) is 12.6 Å². The van der Waals surface area contributed by atoms with Gasteiger partial charge < -0.3 is 15.2 Å². The van der Waals surface area contributed by atoms with Crippen LogP contribution in [-0.2, 0) is 16.1 Å². The molecule has 0 radical (unpaired) electrons. The number of aliphatic hydroxyl groups excluding tert-OH is 1. The standard InChI is InChI=1S/C16H24N2O4/c1-3-5-14(6-4-2)22-15(20)10-18-16(21)12-7-8-17-13(9-12)11-19/h7-9,14,19H,3-6,10-11H2,1-2H3,(H,18,21). The van der Waals surface area contributed by atoms with E-state index >= 15 is 0 Å². The first-order chi connectivity index (χ1) is 10.6. The van der Waals surface area contributed by atoms with Crippen molar-refractivity contribution < 1.29 is 19.4 Å². The maximum absolute atomic E-state index is 11.9. The molecule has 0 bridgehead atoms. The van der Waals surface area contributed by atoms with Crippen LogP contribution in [0.25, 0.3) is 0 Å². The minimum Gasteiger partial charge on any atom is -0.461 e. The normalized spacial score (nSPS) is 10.5. The number of pyridine rings is 1. The summed E-state index contributed by atoms with van der Waals surface area (Å²) in [6.45, 7) is 3.68. The third kappa shape index (κ3) is 6.22. The predicted octanol–water partition coefficient (Wildman–Crippen LogP) is 1.82. The molecule has 1 heterocycles. The van der Waals surface area contributed by atoms with Gasteiger partial charge >= 0.3 is 5.97 Å². The molecule has 6 nitrogen and oxygen atoms in total. The van der Waals surface area contributed by atoms with Gasteiger partial charge in [0.05, 0.1) is 12.3 Å². The molecule has 0 unspecified atom stereocenters. The van der Waals surface area contributed by atoms with Crippen LogP contribution in [0, 0.1) is 0 Å². The van der Waals surface area contributed by atoms with E-state index in [-0.39, 0.29) is 19.3 Å². The fourth-order valence-electron chi connectivity index (χ4n) is 2.09. The lowest BCUT2D eigenvalue weighted by Crippen LogP contribution is -2.32. The van der Waals surface area contributed by atoms with E-state index in [0.29, 0.717) is 11.3 Å². The highest BCUT2D eigenvalue weighted by molar-refractivity contribution is 5.95. The molecule has 0 saturated carbocycles. The van der Waals surface area contributed by atoms with E-state index in [1.54, 1.807) is 0 Å². The van der Waals surface area contributed by atoms with Crippen molar-refractivity contribution in [3.05, 3.63) is 29.6 Å². The van der Waals surface area contributed by atoms with Gasteiger partial charge in [-0.1, -0.05) is 26.7 Å². The first kappa shape index (κ1) is 18.1. The van der Waals surface area contributed by atoms with Crippen molar-refractivity contribution in [1.82, 2.24) is 10.3 Å². The summed E-state index contributed by atoms with van der Waals surface area (Å²) < 4.78 is 5.36. The first-order valence-corrected chi connectivity index (χ1v) is 7.64. The van der Waals surface area contributed by atoms with Crippen LogP contribution in [0.1, 0.15) is 55.6 Å². The van der Waals surface area contributed by atoms with Gasteiger partial charge in [0.2, 0.25) is 0 Å². The number of aromatic nitrogens is 1. The fourth-order valence-corrected chi connectivity index (χ4v) is 2.09. The van der Waals surface area contributed by atoms with E-state index in [2.05, 4.69) is 10.3 Å². The van der Waals surface area contributed by atoms with E-state index in [9.17, 15) is 9.59 Å². The Kier molecular flexibility index (Phi) is 8.14. The second-order valence-corrected chi connectivity index (χ2v) is 5.07. The SMILES string of the molecule is CCCC(CCC)OC(=O)CNC(=O)c1ccnc(CO)c1. The Morgan fingerprint density at radius 1 is 1.32 bits per heavy atom. The van der Waals surface area contributed by atoms with Crippen molar-refractivity contribution in [2.45, 2.75) is 52.2 Å². The topological polar surface area (TPSA) is 88.5 Å². The lowest BCUT2D eigenvalue weighted by molar-refractivity contribution is -0.148. The molecular formula is C16H24N2O4. The van der Waals surface area contributed by atoms with Gasteiger partial charge in [0, 0.05) is 11.8 Å². The Bertz CT molecular complexity index is 485. The third-order valence-electron chi connectivity index (χ3n) is 3.15. The Hall–Kier alpha value is -1.95. The number of carbonyl (C=O) groups excluding carboxylic acids is 2. The van der Waals surface area contributed by atoms with Crippen LogP contribution in [0.4, 0.5) is 0 Å². The summed E-state index contributed by atoms with van der Waals surface area (Å²) in [4.78, 5) is 27.6. The molecule has 1 aromatic heterocycles. The Labute approximate surface area is 130 Å². The molecule has 122 valence electrons. The number of ether oxygens (including phenoxy) is 1. The minimum atomic E-state index is -0.434. The molecule has 0 aromatic carbocycles.